The Bertz CT molecular complexity index is 717. The summed E-state index contributed by atoms with van der Waals surface area (Å²) in [4.78, 5) is 36.2. The third-order valence-corrected chi connectivity index (χ3v) is 6.26. The molecular weight excluding hydrogens is 524 g/mol. The molecule has 1 aromatic carbocycles. The molecule has 0 spiro atoms. The molecule has 1 saturated heterocycles. The van der Waals surface area contributed by atoms with Crippen LogP contribution in [0.15, 0.2) is 43.5 Å². The van der Waals surface area contributed by atoms with Gasteiger partial charge < -0.3 is 21.1 Å². The zero-order valence-electron chi connectivity index (χ0n) is 26.6. The summed E-state index contributed by atoms with van der Waals surface area (Å²) in [5.74, 6) is 0.563. The van der Waals surface area contributed by atoms with Crippen molar-refractivity contribution in [1.82, 2.24) is 4.90 Å². The number of thioether (sulfide) groups is 1. The smallest absolute Gasteiger partial charge is 0.223 e. The van der Waals surface area contributed by atoms with E-state index in [1.54, 1.807) is 11.8 Å². The van der Waals surface area contributed by atoms with Crippen molar-refractivity contribution in [3.8, 4) is 0 Å². The Morgan fingerprint density at radius 2 is 1.45 bits per heavy atom. The Labute approximate surface area is 249 Å². The normalized spacial score (nSPS) is 13.6. The second kappa shape index (κ2) is 33.0. The number of carbonyl (C=O) groups is 3. The fourth-order valence-electron chi connectivity index (χ4n) is 3.00. The molecule has 1 fully saturated rings. The highest BCUT2D eigenvalue weighted by atomic mass is 32.2. The number of nitrogens with zero attached hydrogens (tertiary/aromatic N) is 1. The van der Waals surface area contributed by atoms with E-state index in [0.29, 0.717) is 12.2 Å². The number of amides is 2. The van der Waals surface area contributed by atoms with Crippen molar-refractivity contribution in [2.24, 2.45) is 23.1 Å². The molecule has 0 bridgehead atoms. The van der Waals surface area contributed by atoms with Crippen molar-refractivity contribution < 1.29 is 19.1 Å². The van der Waals surface area contributed by atoms with Gasteiger partial charge in [0.2, 0.25) is 11.8 Å². The van der Waals surface area contributed by atoms with Crippen LogP contribution in [-0.2, 0) is 24.9 Å². The number of rotatable bonds is 11. The molecule has 1 aromatic rings. The molecule has 1 aliphatic heterocycles. The van der Waals surface area contributed by atoms with Crippen molar-refractivity contribution >= 4 is 29.4 Å². The molecule has 0 radical (unpaired) electrons. The van der Waals surface area contributed by atoms with Crippen LogP contribution >= 0.6 is 11.8 Å². The summed E-state index contributed by atoms with van der Waals surface area (Å²) in [6, 6.07) is 10.1. The Kier molecular flexibility index (Phi) is 37.0. The monoisotopic (exact) mass is 584 g/mol. The maximum atomic E-state index is 12.3. The maximum Gasteiger partial charge on any atom is 0.223 e. The summed E-state index contributed by atoms with van der Waals surface area (Å²) in [7, 11) is 0. The third kappa shape index (κ3) is 24.8. The van der Waals surface area contributed by atoms with Gasteiger partial charge in [-0.2, -0.15) is 11.8 Å². The molecule has 0 aromatic heterocycles. The van der Waals surface area contributed by atoms with E-state index in [0.717, 1.165) is 31.7 Å². The van der Waals surface area contributed by atoms with Crippen LogP contribution in [0.3, 0.4) is 0 Å². The maximum absolute atomic E-state index is 12.3. The molecular formula is C31H60N4O4S. The van der Waals surface area contributed by atoms with Crippen molar-refractivity contribution in [1.29, 1.82) is 0 Å². The lowest BCUT2D eigenvalue weighted by atomic mass is 10.0. The van der Waals surface area contributed by atoms with Gasteiger partial charge in [-0.25, -0.2) is 0 Å². The molecule has 3 atom stereocenters. The van der Waals surface area contributed by atoms with Crippen molar-refractivity contribution in [2.75, 3.05) is 18.8 Å². The zero-order valence-corrected chi connectivity index (χ0v) is 27.4. The highest BCUT2D eigenvalue weighted by Gasteiger charge is 2.24. The predicted octanol–water partition coefficient (Wildman–Crippen LogP) is 5.88. The standard InChI is InChI=1S/C17H24N2O2S.C6H14N2O2.3C2H6.C2H4/c18-17(21)15(11-16(20)19-9-5-2-6-10-19)13-22-12-14-7-3-1-4-8-14;1-3-5(7)10-6(8)4(2)9;4*1-2/h1,3-4,7-8,15H,2,5-6,9-13H2,(H2,18,21);5-6H,3,7-8H2,1-2H3;3*1-2H3;1-2H2. The second-order valence-corrected chi connectivity index (χ2v) is 8.89. The first-order valence-corrected chi connectivity index (χ1v) is 15.8. The van der Waals surface area contributed by atoms with Gasteiger partial charge in [-0.3, -0.25) is 20.1 Å². The number of piperidine rings is 1. The number of primary amides is 1. The average Bonchev–Trinajstić information content (AvgIpc) is 3.01. The van der Waals surface area contributed by atoms with Gasteiger partial charge in [0.05, 0.1) is 5.92 Å². The minimum atomic E-state index is -0.866. The lowest BCUT2D eigenvalue weighted by Gasteiger charge is -2.27. The van der Waals surface area contributed by atoms with Crippen molar-refractivity contribution in [2.45, 2.75) is 106 Å². The van der Waals surface area contributed by atoms with Gasteiger partial charge in [0.1, 0.15) is 6.23 Å². The largest absolute Gasteiger partial charge is 0.369 e. The lowest BCUT2D eigenvalue weighted by molar-refractivity contribution is -0.135. The summed E-state index contributed by atoms with van der Waals surface area (Å²) in [5, 5.41) is 0. The van der Waals surface area contributed by atoms with E-state index in [4.69, 9.17) is 21.9 Å². The molecule has 234 valence electrons. The highest BCUT2D eigenvalue weighted by Crippen LogP contribution is 2.19. The minimum absolute atomic E-state index is 0.0730. The second-order valence-electron chi connectivity index (χ2n) is 7.86. The van der Waals surface area contributed by atoms with Gasteiger partial charge in [-0.15, -0.1) is 13.2 Å². The Morgan fingerprint density at radius 3 is 1.88 bits per heavy atom. The summed E-state index contributed by atoms with van der Waals surface area (Å²) in [6.45, 7) is 22.9. The van der Waals surface area contributed by atoms with Gasteiger partial charge >= 0.3 is 0 Å². The quantitative estimate of drug-likeness (QED) is 0.218. The van der Waals surface area contributed by atoms with Crippen LogP contribution in [-0.4, -0.2) is 53.8 Å². The molecule has 1 heterocycles. The van der Waals surface area contributed by atoms with E-state index in [-0.39, 0.29) is 29.9 Å². The number of nitrogens with two attached hydrogens (primary N) is 3. The number of hydrogen-bond acceptors (Lipinski definition) is 7. The molecule has 40 heavy (non-hydrogen) atoms. The predicted molar refractivity (Wildman–Crippen MR) is 174 cm³/mol. The van der Waals surface area contributed by atoms with Gasteiger partial charge in [0.25, 0.3) is 0 Å². The van der Waals surface area contributed by atoms with Gasteiger partial charge in [0, 0.05) is 31.0 Å². The summed E-state index contributed by atoms with van der Waals surface area (Å²) < 4.78 is 4.87. The van der Waals surface area contributed by atoms with Gasteiger partial charge in [-0.1, -0.05) is 78.8 Å². The van der Waals surface area contributed by atoms with E-state index in [1.807, 2.05) is 71.6 Å². The van der Waals surface area contributed by atoms with Gasteiger partial charge in [0.15, 0.2) is 12.0 Å². The van der Waals surface area contributed by atoms with Crippen LogP contribution in [0.25, 0.3) is 0 Å². The molecule has 0 saturated carbocycles. The summed E-state index contributed by atoms with van der Waals surface area (Å²) >= 11 is 1.66. The molecule has 6 N–H and O–H groups in total. The number of ether oxygens (including phenoxy) is 1. The summed E-state index contributed by atoms with van der Waals surface area (Å²) in [5.41, 5.74) is 17.3. The average molecular weight is 585 g/mol. The third-order valence-electron chi connectivity index (χ3n) is 5.09. The first-order chi connectivity index (χ1) is 19.2. The number of benzene rings is 1. The fourth-order valence-corrected chi connectivity index (χ4v) is 4.11. The number of likely N-dealkylation sites (tertiary alicyclic amines) is 1. The van der Waals surface area contributed by atoms with Crippen LogP contribution in [0, 0.1) is 5.92 Å². The molecule has 2 amide bonds. The molecule has 3 unspecified atom stereocenters. The van der Waals surface area contributed by atoms with Crippen molar-refractivity contribution in [3.63, 3.8) is 0 Å². The number of carbonyl (C=O) groups excluding carboxylic acids is 3. The molecule has 1 aliphatic rings. The van der Waals surface area contributed by atoms with Crippen molar-refractivity contribution in [3.05, 3.63) is 49.1 Å². The molecule has 8 nitrogen and oxygen atoms in total. The zero-order chi connectivity index (χ0) is 31.9. The topological polar surface area (TPSA) is 142 Å². The molecule has 2 rings (SSSR count). The lowest BCUT2D eigenvalue weighted by Crippen LogP contribution is -2.39. The molecule has 0 aliphatic carbocycles. The van der Waals surface area contributed by atoms with E-state index >= 15 is 0 Å². The van der Waals surface area contributed by atoms with E-state index in [2.05, 4.69) is 25.3 Å². The van der Waals surface area contributed by atoms with Crippen LogP contribution in [0.4, 0.5) is 0 Å². The Hall–Kier alpha value is -2.20. The van der Waals surface area contributed by atoms with Crippen LogP contribution in [0.1, 0.15) is 93.1 Å². The number of ketones is 1. The van der Waals surface area contributed by atoms with E-state index in [9.17, 15) is 14.4 Å². The Morgan fingerprint density at radius 1 is 0.950 bits per heavy atom. The Balaban J connectivity index is -0.000000303. The van der Waals surface area contributed by atoms with Crippen LogP contribution in [0.5, 0.6) is 0 Å². The van der Waals surface area contributed by atoms with E-state index in [1.165, 1.54) is 18.9 Å². The van der Waals surface area contributed by atoms with Gasteiger partial charge in [-0.05, 0) is 38.2 Å². The first-order valence-electron chi connectivity index (χ1n) is 14.6. The van der Waals surface area contributed by atoms with Crippen LogP contribution < -0.4 is 17.2 Å². The number of Topliss-reactive ketones (excluding diaryl/α,β-unsaturated/α-hetero) is 1. The SMILES string of the molecule is C=C.CC.CC.CC.CCC(N)OC(N)C(C)=O.NC(=O)C(CSCc1ccccc1)CC(=O)N1CCCCC1. The van der Waals surface area contributed by atoms with Crippen LogP contribution in [0.2, 0.25) is 0 Å². The molecule has 9 heteroatoms. The van der Waals surface area contributed by atoms with E-state index < -0.39 is 12.5 Å². The first kappa shape index (κ1) is 44.8. The number of hydrogen-bond donors (Lipinski definition) is 3. The fraction of sp³-hybridized carbons (Fsp3) is 0.645. The summed E-state index contributed by atoms with van der Waals surface area (Å²) in [6.07, 6.45) is 2.92. The highest BCUT2D eigenvalue weighted by molar-refractivity contribution is 7.98. The minimum Gasteiger partial charge on any atom is -0.369 e.